The molecule has 0 aliphatic rings. The van der Waals surface area contributed by atoms with Crippen molar-refractivity contribution in [1.29, 1.82) is 0 Å². The lowest BCUT2D eigenvalue weighted by molar-refractivity contribution is 0.102. The second kappa shape index (κ2) is 7.46. The maximum absolute atomic E-state index is 12.3. The molecule has 0 radical (unpaired) electrons. The van der Waals surface area contributed by atoms with Crippen molar-refractivity contribution in [2.45, 2.75) is 18.7 Å². The third kappa shape index (κ3) is 4.12. The smallest absolute Gasteiger partial charge is 0.255 e. The van der Waals surface area contributed by atoms with Crippen molar-refractivity contribution in [3.8, 4) is 5.75 Å². The number of benzene rings is 2. The Labute approximate surface area is 141 Å². The van der Waals surface area contributed by atoms with E-state index < -0.39 is 10.0 Å². The molecule has 128 valence electrons. The number of sulfonamides is 1. The minimum absolute atomic E-state index is 0.119. The molecule has 2 rings (SSSR count). The number of nitrogens with one attached hydrogen (secondary N) is 2. The van der Waals surface area contributed by atoms with Gasteiger partial charge in [0.05, 0.1) is 17.7 Å². The summed E-state index contributed by atoms with van der Waals surface area (Å²) in [7, 11) is -2.00. The first-order chi connectivity index (χ1) is 11.4. The monoisotopic (exact) mass is 348 g/mol. The van der Waals surface area contributed by atoms with Crippen LogP contribution >= 0.6 is 0 Å². The van der Waals surface area contributed by atoms with Crippen LogP contribution in [0.3, 0.4) is 0 Å². The topological polar surface area (TPSA) is 84.5 Å². The van der Waals surface area contributed by atoms with E-state index in [-0.39, 0.29) is 10.8 Å². The summed E-state index contributed by atoms with van der Waals surface area (Å²) in [5.74, 6) is 0.214. The van der Waals surface area contributed by atoms with Gasteiger partial charge >= 0.3 is 0 Å². The average molecular weight is 348 g/mol. The zero-order chi connectivity index (χ0) is 17.7. The lowest BCUT2D eigenvalue weighted by atomic mass is 10.1. The molecule has 7 heteroatoms. The molecule has 0 spiro atoms. The summed E-state index contributed by atoms with van der Waals surface area (Å²) >= 11 is 0. The Morgan fingerprint density at radius 1 is 1.12 bits per heavy atom. The lowest BCUT2D eigenvalue weighted by Crippen LogP contribution is -2.23. The Hall–Kier alpha value is -2.38. The fraction of sp³-hybridized carbons (Fsp3) is 0.235. The van der Waals surface area contributed by atoms with Crippen LogP contribution in [0, 0.1) is 6.92 Å². The normalized spacial score (nSPS) is 11.1. The van der Waals surface area contributed by atoms with Gasteiger partial charge in [0, 0.05) is 12.1 Å². The maximum Gasteiger partial charge on any atom is 0.255 e. The fourth-order valence-electron chi connectivity index (χ4n) is 2.17. The molecule has 0 bridgehead atoms. The first-order valence-electron chi connectivity index (χ1n) is 7.43. The first-order valence-corrected chi connectivity index (χ1v) is 8.91. The summed E-state index contributed by atoms with van der Waals surface area (Å²) < 4.78 is 31.4. The predicted octanol–water partition coefficient (Wildman–Crippen LogP) is 2.55. The summed E-state index contributed by atoms with van der Waals surface area (Å²) in [6.45, 7) is 3.92. The fourth-order valence-corrected chi connectivity index (χ4v) is 3.21. The molecule has 1 amide bonds. The number of anilines is 1. The van der Waals surface area contributed by atoms with Crippen molar-refractivity contribution < 1.29 is 17.9 Å². The van der Waals surface area contributed by atoms with Crippen LogP contribution in [0.4, 0.5) is 5.69 Å². The zero-order valence-corrected chi connectivity index (χ0v) is 14.6. The Balaban J connectivity index is 2.21. The van der Waals surface area contributed by atoms with Crippen molar-refractivity contribution >= 4 is 21.6 Å². The van der Waals surface area contributed by atoms with E-state index in [0.29, 0.717) is 23.5 Å². The van der Waals surface area contributed by atoms with E-state index in [1.165, 1.54) is 31.4 Å². The zero-order valence-electron chi connectivity index (χ0n) is 13.8. The van der Waals surface area contributed by atoms with Crippen LogP contribution in [0.2, 0.25) is 0 Å². The molecule has 0 saturated carbocycles. The molecule has 0 aromatic heterocycles. The SMILES string of the molecule is CCNS(=O)(=O)c1ccc(C(=O)Nc2cc(C)ccc2OC)cc1. The number of ether oxygens (including phenoxy) is 1. The van der Waals surface area contributed by atoms with E-state index in [0.717, 1.165) is 5.56 Å². The van der Waals surface area contributed by atoms with E-state index in [4.69, 9.17) is 4.74 Å². The van der Waals surface area contributed by atoms with Crippen molar-refractivity contribution in [2.24, 2.45) is 0 Å². The quantitative estimate of drug-likeness (QED) is 0.840. The molecule has 0 saturated heterocycles. The summed E-state index contributed by atoms with van der Waals surface area (Å²) in [6.07, 6.45) is 0. The van der Waals surface area contributed by atoms with Gasteiger partial charge in [-0.2, -0.15) is 0 Å². The molecular weight excluding hydrogens is 328 g/mol. The molecule has 24 heavy (non-hydrogen) atoms. The number of hydrogen-bond acceptors (Lipinski definition) is 4. The summed E-state index contributed by atoms with van der Waals surface area (Å²) in [5, 5.41) is 2.77. The highest BCUT2D eigenvalue weighted by atomic mass is 32.2. The van der Waals surface area contributed by atoms with E-state index in [1.54, 1.807) is 19.1 Å². The summed E-state index contributed by atoms with van der Waals surface area (Å²) in [4.78, 5) is 12.5. The van der Waals surface area contributed by atoms with Crippen LogP contribution in [-0.4, -0.2) is 28.0 Å². The Morgan fingerprint density at radius 3 is 2.38 bits per heavy atom. The van der Waals surface area contributed by atoms with Crippen LogP contribution in [-0.2, 0) is 10.0 Å². The van der Waals surface area contributed by atoms with Gasteiger partial charge in [-0.3, -0.25) is 4.79 Å². The number of hydrogen-bond donors (Lipinski definition) is 2. The lowest BCUT2D eigenvalue weighted by Gasteiger charge is -2.11. The molecule has 0 aliphatic carbocycles. The average Bonchev–Trinajstić information content (AvgIpc) is 2.55. The molecule has 0 fully saturated rings. The van der Waals surface area contributed by atoms with Gasteiger partial charge in [-0.05, 0) is 48.9 Å². The van der Waals surface area contributed by atoms with E-state index in [1.807, 2.05) is 13.0 Å². The number of amides is 1. The van der Waals surface area contributed by atoms with Crippen LogP contribution in [0.5, 0.6) is 5.75 Å². The van der Waals surface area contributed by atoms with Gasteiger partial charge in [0.1, 0.15) is 5.75 Å². The highest BCUT2D eigenvalue weighted by Gasteiger charge is 2.14. The van der Waals surface area contributed by atoms with E-state index >= 15 is 0 Å². The van der Waals surface area contributed by atoms with Gasteiger partial charge in [0.25, 0.3) is 5.91 Å². The minimum atomic E-state index is -3.53. The summed E-state index contributed by atoms with van der Waals surface area (Å²) in [6, 6.07) is 11.2. The van der Waals surface area contributed by atoms with Crippen molar-refractivity contribution in [2.75, 3.05) is 19.0 Å². The molecule has 0 heterocycles. The molecular formula is C17H20N2O4S. The Bertz CT molecular complexity index is 830. The van der Waals surface area contributed by atoms with Gasteiger partial charge < -0.3 is 10.1 Å². The minimum Gasteiger partial charge on any atom is -0.495 e. The molecule has 2 aromatic rings. The van der Waals surface area contributed by atoms with Gasteiger partial charge in [0.15, 0.2) is 0 Å². The number of carbonyl (C=O) groups is 1. The van der Waals surface area contributed by atoms with Crippen molar-refractivity contribution in [3.05, 3.63) is 53.6 Å². The maximum atomic E-state index is 12.3. The van der Waals surface area contributed by atoms with E-state index in [2.05, 4.69) is 10.0 Å². The molecule has 0 atom stereocenters. The van der Waals surface area contributed by atoms with Gasteiger partial charge in [-0.15, -0.1) is 0 Å². The van der Waals surface area contributed by atoms with E-state index in [9.17, 15) is 13.2 Å². The van der Waals surface area contributed by atoms with Crippen LogP contribution in [0.15, 0.2) is 47.4 Å². The molecule has 2 aromatic carbocycles. The second-order valence-electron chi connectivity index (χ2n) is 5.18. The third-order valence-electron chi connectivity index (χ3n) is 3.36. The van der Waals surface area contributed by atoms with Crippen LogP contribution in [0.25, 0.3) is 0 Å². The number of rotatable bonds is 6. The Kier molecular flexibility index (Phi) is 5.58. The standard InChI is InChI=1S/C17H20N2O4S/c1-4-18-24(21,22)14-8-6-13(7-9-14)17(20)19-15-11-12(2)5-10-16(15)23-3/h5-11,18H,4H2,1-3H3,(H,19,20). The van der Waals surface area contributed by atoms with Crippen LogP contribution < -0.4 is 14.8 Å². The number of methoxy groups -OCH3 is 1. The molecule has 0 unspecified atom stereocenters. The molecule has 2 N–H and O–H groups in total. The summed E-state index contributed by atoms with van der Waals surface area (Å²) in [5.41, 5.74) is 1.90. The number of aryl methyl sites for hydroxylation is 1. The Morgan fingerprint density at radius 2 is 1.79 bits per heavy atom. The highest BCUT2D eigenvalue weighted by molar-refractivity contribution is 7.89. The second-order valence-corrected chi connectivity index (χ2v) is 6.95. The van der Waals surface area contributed by atoms with Crippen molar-refractivity contribution in [3.63, 3.8) is 0 Å². The molecule has 0 aliphatic heterocycles. The van der Waals surface area contributed by atoms with Gasteiger partial charge in [-0.1, -0.05) is 13.0 Å². The number of carbonyl (C=O) groups excluding carboxylic acids is 1. The first kappa shape index (κ1) is 18.0. The molecule has 6 nitrogen and oxygen atoms in total. The van der Waals surface area contributed by atoms with Gasteiger partial charge in [-0.25, -0.2) is 13.1 Å². The third-order valence-corrected chi connectivity index (χ3v) is 4.93. The largest absolute Gasteiger partial charge is 0.495 e. The predicted molar refractivity (Wildman–Crippen MR) is 93.0 cm³/mol. The van der Waals surface area contributed by atoms with Crippen LogP contribution in [0.1, 0.15) is 22.8 Å². The highest BCUT2D eigenvalue weighted by Crippen LogP contribution is 2.25. The van der Waals surface area contributed by atoms with Gasteiger partial charge in [0.2, 0.25) is 10.0 Å². The van der Waals surface area contributed by atoms with Crippen molar-refractivity contribution in [1.82, 2.24) is 4.72 Å².